The van der Waals surface area contributed by atoms with E-state index in [4.69, 9.17) is 17.4 Å². The minimum absolute atomic E-state index is 0.0540. The number of aryl methyl sites for hydroxylation is 1. The second kappa shape index (κ2) is 3.41. The number of amides is 1. The molecule has 7 nitrogen and oxygen atoms in total. The van der Waals surface area contributed by atoms with Gasteiger partial charge in [0, 0.05) is 5.69 Å². The first-order valence-corrected chi connectivity index (χ1v) is 4.43. The highest BCUT2D eigenvalue weighted by atomic mass is 32.1. The van der Waals surface area contributed by atoms with Crippen LogP contribution in [-0.2, 0) is 0 Å². The third kappa shape index (κ3) is 1.60. The lowest BCUT2D eigenvalue weighted by Crippen LogP contribution is -2.20. The molecule has 0 bridgehead atoms. The van der Waals surface area contributed by atoms with Gasteiger partial charge in [0.15, 0.2) is 0 Å². The van der Waals surface area contributed by atoms with Crippen molar-refractivity contribution in [3.8, 4) is 0 Å². The Balaban J connectivity index is 2.71. The molecule has 0 aliphatic rings. The molecule has 15 heavy (non-hydrogen) atoms. The third-order valence-electron chi connectivity index (χ3n) is 1.78. The van der Waals surface area contributed by atoms with Crippen molar-refractivity contribution in [2.75, 3.05) is 0 Å². The van der Waals surface area contributed by atoms with Crippen LogP contribution in [0, 0.1) is 11.6 Å². The van der Waals surface area contributed by atoms with Gasteiger partial charge in [0.1, 0.15) is 4.64 Å². The van der Waals surface area contributed by atoms with E-state index in [-0.39, 0.29) is 5.82 Å². The zero-order valence-corrected chi connectivity index (χ0v) is 8.50. The molecule has 0 aliphatic heterocycles. The first-order valence-electron chi connectivity index (χ1n) is 4.02. The van der Waals surface area contributed by atoms with Crippen LogP contribution in [0.25, 0.3) is 5.78 Å². The molecule has 0 saturated carbocycles. The summed E-state index contributed by atoms with van der Waals surface area (Å²) in [4.78, 5) is 19.0. The van der Waals surface area contributed by atoms with Gasteiger partial charge in [-0.25, -0.2) is 15.0 Å². The standard InChI is InChI=1S/C7H7N5O2S/c1-3-2-4(15)12-7(8-3)9-5(10-12)6(13)11-14/h2,14H,1H3,(H,11,13)(H,8,9,10). The molecule has 0 aromatic carbocycles. The number of hydrogen-bond acceptors (Lipinski definition) is 5. The van der Waals surface area contributed by atoms with Crippen molar-refractivity contribution in [2.45, 2.75) is 6.92 Å². The number of carbonyl (C=O) groups excluding carboxylic acids is 1. The number of aromatic nitrogens is 4. The SMILES string of the molecule is Cc1cc(=S)n2[nH]c(C(=O)NO)nc2n1. The second-order valence-corrected chi connectivity index (χ2v) is 3.30. The smallest absolute Gasteiger partial charge is 0.288 e. The number of fused-ring (bicyclic) bond motifs is 1. The molecule has 2 aromatic rings. The van der Waals surface area contributed by atoms with Gasteiger partial charge in [-0.15, -0.1) is 0 Å². The van der Waals surface area contributed by atoms with Gasteiger partial charge in [-0.1, -0.05) is 12.2 Å². The van der Waals surface area contributed by atoms with Crippen molar-refractivity contribution in [1.29, 1.82) is 0 Å². The van der Waals surface area contributed by atoms with Gasteiger partial charge in [-0.2, -0.15) is 4.98 Å². The maximum absolute atomic E-state index is 11.0. The van der Waals surface area contributed by atoms with Crippen molar-refractivity contribution >= 4 is 23.9 Å². The fraction of sp³-hybridized carbons (Fsp3) is 0.143. The number of rotatable bonds is 1. The largest absolute Gasteiger partial charge is 0.311 e. The van der Waals surface area contributed by atoms with Gasteiger partial charge in [0.05, 0.1) is 0 Å². The molecule has 0 fully saturated rings. The Bertz CT molecular complexity index is 587. The van der Waals surface area contributed by atoms with Crippen LogP contribution >= 0.6 is 12.2 Å². The van der Waals surface area contributed by atoms with Crippen LogP contribution in [0.4, 0.5) is 0 Å². The van der Waals surface area contributed by atoms with Crippen LogP contribution in [0.2, 0.25) is 0 Å². The quantitative estimate of drug-likeness (QED) is 0.366. The Morgan fingerprint density at radius 1 is 1.67 bits per heavy atom. The van der Waals surface area contributed by atoms with Gasteiger partial charge in [-0.3, -0.25) is 15.1 Å². The number of hydroxylamine groups is 1. The van der Waals surface area contributed by atoms with Crippen molar-refractivity contribution in [2.24, 2.45) is 0 Å². The molecule has 0 spiro atoms. The van der Waals surface area contributed by atoms with Crippen LogP contribution in [-0.4, -0.2) is 30.7 Å². The summed E-state index contributed by atoms with van der Waals surface area (Å²) in [5, 5.41) is 11.0. The summed E-state index contributed by atoms with van der Waals surface area (Å²) in [6.45, 7) is 1.77. The van der Waals surface area contributed by atoms with Crippen LogP contribution in [0.15, 0.2) is 6.07 Å². The van der Waals surface area contributed by atoms with Crippen molar-refractivity contribution in [1.82, 2.24) is 25.1 Å². The third-order valence-corrected chi connectivity index (χ3v) is 2.08. The summed E-state index contributed by atoms with van der Waals surface area (Å²) < 4.78 is 1.84. The normalized spacial score (nSPS) is 10.5. The van der Waals surface area contributed by atoms with E-state index >= 15 is 0 Å². The predicted molar refractivity (Wildman–Crippen MR) is 52.2 cm³/mol. The molecule has 2 rings (SSSR count). The summed E-state index contributed by atoms with van der Waals surface area (Å²) in [7, 11) is 0. The minimum Gasteiger partial charge on any atom is -0.288 e. The molecule has 0 atom stereocenters. The Kier molecular flexibility index (Phi) is 2.21. The number of nitrogens with one attached hydrogen (secondary N) is 2. The Hall–Kier alpha value is -1.80. The average molecular weight is 225 g/mol. The van der Waals surface area contributed by atoms with Crippen molar-refractivity contribution < 1.29 is 10.0 Å². The molecule has 3 N–H and O–H groups in total. The van der Waals surface area contributed by atoms with E-state index in [9.17, 15) is 4.79 Å². The number of carbonyl (C=O) groups is 1. The summed E-state index contributed by atoms with van der Waals surface area (Å²) in [6.07, 6.45) is 0. The first-order chi connectivity index (χ1) is 7.11. The molecule has 0 saturated heterocycles. The predicted octanol–water partition coefficient (Wildman–Crippen LogP) is 0.214. The zero-order valence-electron chi connectivity index (χ0n) is 7.68. The van der Waals surface area contributed by atoms with Crippen molar-refractivity contribution in [3.63, 3.8) is 0 Å². The molecule has 0 unspecified atom stereocenters. The van der Waals surface area contributed by atoms with E-state index in [2.05, 4.69) is 15.1 Å². The van der Waals surface area contributed by atoms with Gasteiger partial charge < -0.3 is 0 Å². The molecule has 2 aromatic heterocycles. The number of hydrogen-bond donors (Lipinski definition) is 3. The molecular weight excluding hydrogens is 218 g/mol. The van der Waals surface area contributed by atoms with E-state index in [1.54, 1.807) is 13.0 Å². The first kappa shape index (κ1) is 9.74. The van der Waals surface area contributed by atoms with E-state index in [0.717, 1.165) is 0 Å². The molecule has 1 amide bonds. The maximum Gasteiger partial charge on any atom is 0.311 e. The molecule has 78 valence electrons. The average Bonchev–Trinajstić information content (AvgIpc) is 2.60. The minimum atomic E-state index is -0.743. The Morgan fingerprint density at radius 2 is 2.40 bits per heavy atom. The highest BCUT2D eigenvalue weighted by Crippen LogP contribution is 2.02. The maximum atomic E-state index is 11.0. The van der Waals surface area contributed by atoms with E-state index < -0.39 is 5.91 Å². The van der Waals surface area contributed by atoms with E-state index in [0.29, 0.717) is 16.1 Å². The fourth-order valence-electron chi connectivity index (χ4n) is 1.15. The lowest BCUT2D eigenvalue weighted by atomic mass is 10.5. The molecule has 0 radical (unpaired) electrons. The van der Waals surface area contributed by atoms with Gasteiger partial charge >= 0.3 is 5.91 Å². The van der Waals surface area contributed by atoms with Crippen molar-refractivity contribution in [3.05, 3.63) is 22.2 Å². The monoisotopic (exact) mass is 225 g/mol. The fourth-order valence-corrected chi connectivity index (χ4v) is 1.45. The highest BCUT2D eigenvalue weighted by molar-refractivity contribution is 7.71. The van der Waals surface area contributed by atoms with E-state index in [1.807, 2.05) is 0 Å². The van der Waals surface area contributed by atoms with Crippen LogP contribution in [0.5, 0.6) is 0 Å². The van der Waals surface area contributed by atoms with Gasteiger partial charge in [-0.05, 0) is 13.0 Å². The second-order valence-electron chi connectivity index (χ2n) is 2.88. The number of H-pyrrole nitrogens is 1. The highest BCUT2D eigenvalue weighted by Gasteiger charge is 2.11. The van der Waals surface area contributed by atoms with Crippen LogP contribution < -0.4 is 5.48 Å². The Labute approximate surface area is 88.7 Å². The van der Waals surface area contributed by atoms with Crippen LogP contribution in [0.1, 0.15) is 16.3 Å². The lowest BCUT2D eigenvalue weighted by molar-refractivity contribution is 0.0695. The number of nitrogens with zero attached hydrogens (tertiary/aromatic N) is 3. The van der Waals surface area contributed by atoms with Gasteiger partial charge in [0.2, 0.25) is 5.82 Å². The lowest BCUT2D eigenvalue weighted by Gasteiger charge is -1.93. The topological polar surface area (TPSA) is 95.3 Å². The zero-order chi connectivity index (χ0) is 11.0. The summed E-state index contributed by atoms with van der Waals surface area (Å²) >= 11 is 5.03. The Morgan fingerprint density at radius 3 is 3.07 bits per heavy atom. The molecular formula is C7H7N5O2S. The molecule has 0 aliphatic carbocycles. The number of aromatic amines is 1. The van der Waals surface area contributed by atoms with Gasteiger partial charge in [0.25, 0.3) is 5.78 Å². The van der Waals surface area contributed by atoms with E-state index in [1.165, 1.54) is 10.00 Å². The molecule has 8 heteroatoms. The summed E-state index contributed by atoms with van der Waals surface area (Å²) in [6, 6.07) is 1.67. The van der Waals surface area contributed by atoms with Crippen LogP contribution in [0.3, 0.4) is 0 Å². The summed E-state index contributed by atoms with van der Waals surface area (Å²) in [5.74, 6) is -0.507. The molecule has 2 heterocycles. The summed E-state index contributed by atoms with van der Waals surface area (Å²) in [5.41, 5.74) is 2.18.